The van der Waals surface area contributed by atoms with Crippen molar-refractivity contribution in [3.63, 3.8) is 0 Å². The smallest absolute Gasteiger partial charge is 0.194 e. The van der Waals surface area contributed by atoms with Gasteiger partial charge in [0.15, 0.2) is 5.96 Å². The van der Waals surface area contributed by atoms with Gasteiger partial charge in [0, 0.05) is 58.2 Å². The quantitative estimate of drug-likeness (QED) is 0.339. The van der Waals surface area contributed by atoms with E-state index in [1.54, 1.807) is 0 Å². The normalized spacial score (nSPS) is 14.2. The van der Waals surface area contributed by atoms with Crippen LogP contribution in [-0.4, -0.2) is 52.3 Å². The van der Waals surface area contributed by atoms with Crippen LogP contribution in [0.4, 0.5) is 5.82 Å². The minimum atomic E-state index is 0. The molecule has 0 aliphatic carbocycles. The van der Waals surface area contributed by atoms with Gasteiger partial charge in [-0.3, -0.25) is 4.68 Å². The highest BCUT2D eigenvalue weighted by Crippen LogP contribution is 2.19. The summed E-state index contributed by atoms with van der Waals surface area (Å²) in [7, 11) is 4.06. The lowest BCUT2D eigenvalue weighted by molar-refractivity contribution is 0.473. The molecule has 1 N–H and O–H groups in total. The van der Waals surface area contributed by atoms with Gasteiger partial charge in [-0.25, -0.2) is 9.98 Å². The Labute approximate surface area is 198 Å². The maximum Gasteiger partial charge on any atom is 0.194 e. The van der Waals surface area contributed by atoms with Gasteiger partial charge in [0.2, 0.25) is 0 Å². The van der Waals surface area contributed by atoms with E-state index < -0.39 is 0 Å². The summed E-state index contributed by atoms with van der Waals surface area (Å²) < 4.78 is 1.90. The lowest BCUT2D eigenvalue weighted by Gasteiger charge is -2.22. The van der Waals surface area contributed by atoms with Crippen LogP contribution in [0, 0.1) is 0 Å². The second-order valence-electron chi connectivity index (χ2n) is 8.11. The fourth-order valence-electron chi connectivity index (χ4n) is 3.77. The number of hydrogen-bond donors (Lipinski definition) is 1. The molecule has 0 atom stereocenters. The number of rotatable bonds is 7. The third-order valence-electron chi connectivity index (χ3n) is 5.24. The first-order valence-corrected chi connectivity index (χ1v) is 10.7. The molecule has 1 aliphatic rings. The molecule has 0 saturated carbocycles. The van der Waals surface area contributed by atoms with Gasteiger partial charge in [-0.2, -0.15) is 5.10 Å². The van der Waals surface area contributed by atoms with Crippen molar-refractivity contribution >= 4 is 35.8 Å². The van der Waals surface area contributed by atoms with Gasteiger partial charge in [0.1, 0.15) is 5.82 Å². The Morgan fingerprint density at radius 3 is 2.60 bits per heavy atom. The molecule has 0 radical (unpaired) electrons. The number of guanidine groups is 1. The van der Waals surface area contributed by atoms with Crippen LogP contribution in [-0.2, 0) is 20.1 Å². The number of aryl methyl sites for hydroxylation is 1. The van der Waals surface area contributed by atoms with Crippen molar-refractivity contribution in [2.75, 3.05) is 31.6 Å². The zero-order chi connectivity index (χ0) is 20.8. The van der Waals surface area contributed by atoms with Gasteiger partial charge < -0.3 is 15.1 Å². The fraction of sp³-hybridized carbons (Fsp3) is 0.591. The minimum Gasteiger partial charge on any atom is -0.357 e. The Kier molecular flexibility index (Phi) is 9.38. The molecule has 0 bridgehead atoms. The zero-order valence-corrected chi connectivity index (χ0v) is 21.3. The SMILES string of the molecule is CCNC(=NCc1ccc(N2CCCC2)nc1)N(C)Cc1cn(C)nc1C(C)C.I. The highest BCUT2D eigenvalue weighted by atomic mass is 127. The minimum absolute atomic E-state index is 0. The fourth-order valence-corrected chi connectivity index (χ4v) is 3.77. The molecule has 3 heterocycles. The average Bonchev–Trinajstić information content (AvgIpc) is 3.35. The molecule has 1 saturated heterocycles. The van der Waals surface area contributed by atoms with E-state index >= 15 is 0 Å². The van der Waals surface area contributed by atoms with Gasteiger partial charge in [-0.1, -0.05) is 19.9 Å². The summed E-state index contributed by atoms with van der Waals surface area (Å²) in [4.78, 5) is 14.0. The highest BCUT2D eigenvalue weighted by molar-refractivity contribution is 14.0. The van der Waals surface area contributed by atoms with Crippen LogP contribution in [0.2, 0.25) is 0 Å². The van der Waals surface area contributed by atoms with Gasteiger partial charge in [-0.15, -0.1) is 24.0 Å². The first-order valence-electron chi connectivity index (χ1n) is 10.7. The second kappa shape index (κ2) is 11.5. The standard InChI is InChI=1S/C22H35N7.HI/c1-6-23-22(27(4)15-19-16-28(5)26-21(19)17(2)3)25-14-18-9-10-20(24-13-18)29-11-7-8-12-29;/h9-10,13,16-17H,6-8,11-12,14-15H2,1-5H3,(H,23,25);1H. The largest absolute Gasteiger partial charge is 0.357 e. The van der Waals surface area contributed by atoms with Crippen molar-refractivity contribution in [3.8, 4) is 0 Å². The van der Waals surface area contributed by atoms with E-state index in [1.807, 2.05) is 17.9 Å². The molecule has 0 spiro atoms. The third kappa shape index (κ3) is 6.33. The lowest BCUT2D eigenvalue weighted by Crippen LogP contribution is -2.38. The Morgan fingerprint density at radius 2 is 2.00 bits per heavy atom. The second-order valence-corrected chi connectivity index (χ2v) is 8.11. The van der Waals surface area contributed by atoms with Crippen LogP contribution >= 0.6 is 24.0 Å². The molecule has 0 unspecified atom stereocenters. The van der Waals surface area contributed by atoms with Crippen molar-refractivity contribution < 1.29 is 0 Å². The summed E-state index contributed by atoms with van der Waals surface area (Å²) in [6.07, 6.45) is 6.60. The topological polar surface area (TPSA) is 61.6 Å². The number of aliphatic imine (C=N–C) groups is 1. The van der Waals surface area contributed by atoms with Crippen molar-refractivity contribution in [1.29, 1.82) is 0 Å². The first-order chi connectivity index (χ1) is 14.0. The van der Waals surface area contributed by atoms with Crippen LogP contribution in [0.25, 0.3) is 0 Å². The Balaban J connectivity index is 0.00000320. The summed E-state index contributed by atoms with van der Waals surface area (Å²) in [5.41, 5.74) is 3.52. The number of anilines is 1. The maximum atomic E-state index is 4.84. The molecule has 7 nitrogen and oxygen atoms in total. The summed E-state index contributed by atoms with van der Waals surface area (Å²) in [6.45, 7) is 10.9. The van der Waals surface area contributed by atoms with E-state index in [9.17, 15) is 0 Å². The van der Waals surface area contributed by atoms with Crippen LogP contribution in [0.15, 0.2) is 29.5 Å². The molecule has 2 aromatic rings. The molecular formula is C22H36IN7. The molecule has 0 amide bonds. The number of nitrogens with zero attached hydrogens (tertiary/aromatic N) is 6. The van der Waals surface area contributed by atoms with E-state index in [4.69, 9.17) is 4.99 Å². The summed E-state index contributed by atoms with van der Waals surface area (Å²) >= 11 is 0. The number of hydrogen-bond acceptors (Lipinski definition) is 4. The van der Waals surface area contributed by atoms with E-state index in [0.717, 1.165) is 49.2 Å². The van der Waals surface area contributed by atoms with E-state index in [2.05, 4.69) is 71.3 Å². The molecule has 8 heteroatoms. The molecule has 2 aromatic heterocycles. The molecule has 3 rings (SSSR count). The highest BCUT2D eigenvalue weighted by Gasteiger charge is 2.15. The number of nitrogens with one attached hydrogen (secondary N) is 1. The van der Waals surface area contributed by atoms with Gasteiger partial charge in [-0.05, 0) is 37.3 Å². The third-order valence-corrected chi connectivity index (χ3v) is 5.24. The average molecular weight is 525 g/mol. The van der Waals surface area contributed by atoms with Crippen molar-refractivity contribution in [3.05, 3.63) is 41.3 Å². The molecule has 0 aromatic carbocycles. The van der Waals surface area contributed by atoms with E-state index in [-0.39, 0.29) is 24.0 Å². The van der Waals surface area contributed by atoms with Crippen molar-refractivity contribution in [1.82, 2.24) is 25.0 Å². The van der Waals surface area contributed by atoms with Crippen LogP contribution < -0.4 is 10.2 Å². The van der Waals surface area contributed by atoms with Crippen LogP contribution in [0.3, 0.4) is 0 Å². The van der Waals surface area contributed by atoms with Crippen LogP contribution in [0.5, 0.6) is 0 Å². The van der Waals surface area contributed by atoms with E-state index in [0.29, 0.717) is 12.5 Å². The Hall–Kier alpha value is -1.84. The molecule has 1 fully saturated rings. The van der Waals surface area contributed by atoms with Crippen molar-refractivity contribution in [2.45, 2.75) is 52.6 Å². The molecule has 1 aliphatic heterocycles. The van der Waals surface area contributed by atoms with Gasteiger partial charge in [0.25, 0.3) is 0 Å². The molecule has 166 valence electrons. The predicted octanol–water partition coefficient (Wildman–Crippen LogP) is 3.75. The maximum absolute atomic E-state index is 4.84. The predicted molar refractivity (Wildman–Crippen MR) is 135 cm³/mol. The number of halogens is 1. The molecule has 30 heavy (non-hydrogen) atoms. The first kappa shape index (κ1) is 24.4. The van der Waals surface area contributed by atoms with Crippen molar-refractivity contribution in [2.24, 2.45) is 12.0 Å². The Bertz CT molecular complexity index is 807. The number of aromatic nitrogens is 3. The Morgan fingerprint density at radius 1 is 1.27 bits per heavy atom. The van der Waals surface area contributed by atoms with Crippen LogP contribution in [0.1, 0.15) is 56.4 Å². The summed E-state index contributed by atoms with van der Waals surface area (Å²) in [6, 6.07) is 4.27. The van der Waals surface area contributed by atoms with Gasteiger partial charge >= 0.3 is 0 Å². The number of pyridine rings is 1. The van der Waals surface area contributed by atoms with Gasteiger partial charge in [0.05, 0.1) is 12.2 Å². The zero-order valence-electron chi connectivity index (χ0n) is 18.9. The summed E-state index contributed by atoms with van der Waals surface area (Å²) in [5.74, 6) is 2.38. The lowest BCUT2D eigenvalue weighted by atomic mass is 10.1. The summed E-state index contributed by atoms with van der Waals surface area (Å²) in [5, 5.41) is 8.03. The van der Waals surface area contributed by atoms with E-state index in [1.165, 1.54) is 18.4 Å². The molecular weight excluding hydrogens is 489 g/mol. The monoisotopic (exact) mass is 525 g/mol.